The summed E-state index contributed by atoms with van der Waals surface area (Å²) in [4.78, 5) is 25.0. The second-order valence-corrected chi connectivity index (χ2v) is 7.89. The Bertz CT molecular complexity index is 1030. The molecule has 0 radical (unpaired) electrons. The molecule has 0 fully saturated rings. The standard InChI is InChI=1S/C21H23FN6O2S/c1-13(19(29)24-11-14-7-9-15(22)10-8-14)31-12-18-26-20(23)28-21(27-18)25-16-5-3-4-6-17(16)30-2/h3-10,13H,11-12H2,1-2H3,(H,24,29)(H3,23,25,26,27,28). The lowest BCUT2D eigenvalue weighted by Gasteiger charge is -2.13. The highest BCUT2D eigenvalue weighted by molar-refractivity contribution is 7.99. The first-order valence-corrected chi connectivity index (χ1v) is 10.5. The minimum Gasteiger partial charge on any atom is -0.495 e. The predicted molar refractivity (Wildman–Crippen MR) is 120 cm³/mol. The lowest BCUT2D eigenvalue weighted by molar-refractivity contribution is -0.120. The summed E-state index contributed by atoms with van der Waals surface area (Å²) in [6.45, 7) is 2.12. The molecule has 2 aromatic carbocycles. The highest BCUT2D eigenvalue weighted by atomic mass is 32.2. The quantitative estimate of drug-likeness (QED) is 0.462. The molecule has 3 rings (SSSR count). The van der Waals surface area contributed by atoms with Gasteiger partial charge in [-0.25, -0.2) is 4.39 Å². The third-order valence-corrected chi connectivity index (χ3v) is 5.40. The van der Waals surface area contributed by atoms with Gasteiger partial charge in [0.2, 0.25) is 17.8 Å². The van der Waals surface area contributed by atoms with E-state index in [-0.39, 0.29) is 22.9 Å². The number of carbonyl (C=O) groups excluding carboxylic acids is 1. The van der Waals surface area contributed by atoms with Crippen molar-refractivity contribution in [2.24, 2.45) is 0 Å². The minimum atomic E-state index is -0.343. The number of rotatable bonds is 9. The van der Waals surface area contributed by atoms with Gasteiger partial charge in [-0.05, 0) is 36.8 Å². The predicted octanol–water partition coefficient (Wildman–Crippen LogP) is 3.28. The van der Waals surface area contributed by atoms with E-state index in [1.807, 2.05) is 24.3 Å². The topological polar surface area (TPSA) is 115 Å². The molecule has 0 spiro atoms. The number of amides is 1. The fourth-order valence-electron chi connectivity index (χ4n) is 2.64. The zero-order valence-corrected chi connectivity index (χ0v) is 17.9. The number of methoxy groups -OCH3 is 1. The van der Waals surface area contributed by atoms with Gasteiger partial charge in [0.1, 0.15) is 17.4 Å². The number of carbonyl (C=O) groups is 1. The monoisotopic (exact) mass is 442 g/mol. The molecule has 162 valence electrons. The molecular weight excluding hydrogens is 419 g/mol. The van der Waals surface area contributed by atoms with Gasteiger partial charge >= 0.3 is 0 Å². The third kappa shape index (κ3) is 6.54. The maximum absolute atomic E-state index is 13.0. The van der Waals surface area contributed by atoms with Gasteiger partial charge in [-0.3, -0.25) is 4.79 Å². The summed E-state index contributed by atoms with van der Waals surface area (Å²) in [6.07, 6.45) is 0. The van der Waals surface area contributed by atoms with Crippen LogP contribution >= 0.6 is 11.8 Å². The third-order valence-electron chi connectivity index (χ3n) is 4.26. The van der Waals surface area contributed by atoms with Crippen LogP contribution in [0.15, 0.2) is 48.5 Å². The molecule has 1 amide bonds. The largest absolute Gasteiger partial charge is 0.495 e. The highest BCUT2D eigenvalue weighted by Gasteiger charge is 2.15. The Morgan fingerprint density at radius 3 is 2.65 bits per heavy atom. The molecule has 0 aliphatic heterocycles. The summed E-state index contributed by atoms with van der Waals surface area (Å²) >= 11 is 1.37. The number of nitrogen functional groups attached to an aromatic ring is 1. The molecule has 10 heteroatoms. The molecule has 4 N–H and O–H groups in total. The molecule has 1 atom stereocenters. The molecule has 0 saturated heterocycles. The molecule has 1 heterocycles. The average Bonchev–Trinajstić information content (AvgIpc) is 2.77. The number of aromatic nitrogens is 3. The van der Waals surface area contributed by atoms with Crippen LogP contribution in [-0.2, 0) is 17.1 Å². The van der Waals surface area contributed by atoms with Crippen molar-refractivity contribution in [1.29, 1.82) is 0 Å². The van der Waals surface area contributed by atoms with E-state index in [4.69, 9.17) is 10.5 Å². The van der Waals surface area contributed by atoms with Gasteiger partial charge < -0.3 is 21.1 Å². The zero-order chi connectivity index (χ0) is 22.2. The Kier molecular flexibility index (Phi) is 7.60. The molecule has 0 aliphatic carbocycles. The zero-order valence-electron chi connectivity index (χ0n) is 17.1. The second-order valence-electron chi connectivity index (χ2n) is 6.56. The number of hydrogen-bond donors (Lipinski definition) is 3. The molecule has 3 aromatic rings. The summed E-state index contributed by atoms with van der Waals surface area (Å²) in [5.41, 5.74) is 7.34. The molecule has 31 heavy (non-hydrogen) atoms. The van der Waals surface area contributed by atoms with Crippen molar-refractivity contribution in [3.8, 4) is 5.75 Å². The van der Waals surface area contributed by atoms with E-state index in [9.17, 15) is 9.18 Å². The van der Waals surface area contributed by atoms with Crippen molar-refractivity contribution >= 4 is 35.3 Å². The first-order chi connectivity index (χ1) is 14.9. The normalized spacial score (nSPS) is 11.6. The number of anilines is 3. The van der Waals surface area contributed by atoms with E-state index in [1.54, 1.807) is 26.2 Å². The smallest absolute Gasteiger partial charge is 0.233 e. The van der Waals surface area contributed by atoms with Crippen molar-refractivity contribution in [2.45, 2.75) is 24.5 Å². The maximum Gasteiger partial charge on any atom is 0.233 e. The molecular formula is C21H23FN6O2S. The van der Waals surface area contributed by atoms with Crippen LogP contribution in [0.5, 0.6) is 5.75 Å². The minimum absolute atomic E-state index is 0.0800. The number of benzene rings is 2. The molecule has 1 unspecified atom stereocenters. The summed E-state index contributed by atoms with van der Waals surface area (Å²) in [5.74, 6) is 1.40. The Morgan fingerprint density at radius 2 is 1.90 bits per heavy atom. The SMILES string of the molecule is COc1ccccc1Nc1nc(N)nc(CSC(C)C(=O)NCc2ccc(F)cc2)n1. The molecule has 1 aromatic heterocycles. The van der Waals surface area contributed by atoms with Crippen LogP contribution in [0.4, 0.5) is 22.0 Å². The van der Waals surface area contributed by atoms with Crippen molar-refractivity contribution in [1.82, 2.24) is 20.3 Å². The Morgan fingerprint density at radius 1 is 1.16 bits per heavy atom. The van der Waals surface area contributed by atoms with Gasteiger partial charge in [0.05, 0.1) is 23.8 Å². The van der Waals surface area contributed by atoms with Gasteiger partial charge in [0.25, 0.3) is 0 Å². The first kappa shape index (κ1) is 22.3. The lowest BCUT2D eigenvalue weighted by Crippen LogP contribution is -2.30. The molecule has 0 aliphatic rings. The van der Waals surface area contributed by atoms with Crippen LogP contribution < -0.4 is 21.1 Å². The number of thioether (sulfide) groups is 1. The highest BCUT2D eigenvalue weighted by Crippen LogP contribution is 2.26. The average molecular weight is 443 g/mol. The number of hydrogen-bond acceptors (Lipinski definition) is 8. The molecule has 8 nitrogen and oxygen atoms in total. The summed E-state index contributed by atoms with van der Waals surface area (Å²) in [7, 11) is 1.58. The van der Waals surface area contributed by atoms with Crippen LogP contribution in [-0.4, -0.2) is 33.2 Å². The van der Waals surface area contributed by atoms with E-state index in [2.05, 4.69) is 25.6 Å². The molecule has 0 saturated carbocycles. The fraction of sp³-hybridized carbons (Fsp3) is 0.238. The van der Waals surface area contributed by atoms with E-state index < -0.39 is 0 Å². The summed E-state index contributed by atoms with van der Waals surface area (Å²) in [6, 6.07) is 13.4. The van der Waals surface area contributed by atoms with E-state index in [0.29, 0.717) is 35.5 Å². The number of nitrogens with one attached hydrogen (secondary N) is 2. The van der Waals surface area contributed by atoms with Gasteiger partial charge in [-0.2, -0.15) is 15.0 Å². The summed E-state index contributed by atoms with van der Waals surface area (Å²) in [5, 5.41) is 5.57. The first-order valence-electron chi connectivity index (χ1n) is 9.49. The van der Waals surface area contributed by atoms with Crippen LogP contribution in [0.3, 0.4) is 0 Å². The van der Waals surface area contributed by atoms with Crippen LogP contribution in [0.1, 0.15) is 18.3 Å². The Balaban J connectivity index is 1.56. The van der Waals surface area contributed by atoms with Gasteiger partial charge in [0.15, 0.2) is 0 Å². The number of nitrogens with zero attached hydrogens (tertiary/aromatic N) is 3. The summed E-state index contributed by atoms with van der Waals surface area (Å²) < 4.78 is 18.3. The van der Waals surface area contributed by atoms with E-state index >= 15 is 0 Å². The van der Waals surface area contributed by atoms with Gasteiger partial charge in [-0.15, -0.1) is 11.8 Å². The number of nitrogens with two attached hydrogens (primary N) is 1. The van der Waals surface area contributed by atoms with Crippen LogP contribution in [0.25, 0.3) is 0 Å². The van der Waals surface area contributed by atoms with Crippen LogP contribution in [0.2, 0.25) is 0 Å². The van der Waals surface area contributed by atoms with Gasteiger partial charge in [0, 0.05) is 6.54 Å². The number of para-hydroxylation sites is 2. The van der Waals surface area contributed by atoms with Gasteiger partial charge in [-0.1, -0.05) is 24.3 Å². The van der Waals surface area contributed by atoms with Crippen molar-refractivity contribution < 1.29 is 13.9 Å². The maximum atomic E-state index is 13.0. The molecule has 0 bridgehead atoms. The fourth-order valence-corrected chi connectivity index (χ4v) is 3.40. The van der Waals surface area contributed by atoms with Crippen LogP contribution in [0, 0.1) is 5.82 Å². The number of halogens is 1. The Hall–Kier alpha value is -3.40. The van der Waals surface area contributed by atoms with Crippen molar-refractivity contribution in [3.63, 3.8) is 0 Å². The lowest BCUT2D eigenvalue weighted by atomic mass is 10.2. The van der Waals surface area contributed by atoms with Crippen molar-refractivity contribution in [3.05, 3.63) is 65.7 Å². The van der Waals surface area contributed by atoms with E-state index in [0.717, 1.165) is 5.56 Å². The Labute approximate surface area is 183 Å². The second kappa shape index (κ2) is 10.6. The van der Waals surface area contributed by atoms with Crippen molar-refractivity contribution in [2.75, 3.05) is 18.2 Å². The van der Waals surface area contributed by atoms with E-state index in [1.165, 1.54) is 23.9 Å². The number of ether oxygens (including phenoxy) is 1.